The Kier molecular flexibility index (Phi) is 5.36. The Morgan fingerprint density at radius 2 is 2.00 bits per heavy atom. The van der Waals surface area contributed by atoms with E-state index in [9.17, 15) is 14.4 Å². The maximum atomic E-state index is 12.6. The lowest BCUT2D eigenvalue weighted by Crippen LogP contribution is -2.48. The molecule has 0 radical (unpaired) electrons. The standard InChI is InChI=1S/C19H24N2O4/c1-13-11-15(22)7-8-17(13)21-10-9-16(18(21)23)20-19(24)25-12-14-5-3-2-4-6-14/h2-6,13,16-17H,7-12H2,1H3,(H,20,24)/t13-,16+,17+/m1/s1. The van der Waals surface area contributed by atoms with Gasteiger partial charge in [0.1, 0.15) is 18.4 Å². The molecule has 1 N–H and O–H groups in total. The van der Waals surface area contributed by atoms with E-state index in [1.807, 2.05) is 42.2 Å². The van der Waals surface area contributed by atoms with Crippen LogP contribution in [0.4, 0.5) is 4.79 Å². The Bertz CT molecular complexity index is 646. The van der Waals surface area contributed by atoms with Crippen LogP contribution in [0.3, 0.4) is 0 Å². The first-order chi connectivity index (χ1) is 12.0. The van der Waals surface area contributed by atoms with Crippen LogP contribution in [0, 0.1) is 5.92 Å². The number of nitrogens with zero attached hydrogens (tertiary/aromatic N) is 1. The number of carbonyl (C=O) groups is 3. The summed E-state index contributed by atoms with van der Waals surface area (Å²) in [4.78, 5) is 37.9. The van der Waals surface area contributed by atoms with Crippen LogP contribution in [0.2, 0.25) is 0 Å². The molecule has 6 nitrogen and oxygen atoms in total. The molecule has 3 atom stereocenters. The highest BCUT2D eigenvalue weighted by Crippen LogP contribution is 2.29. The molecular weight excluding hydrogens is 320 g/mol. The number of hydrogen-bond acceptors (Lipinski definition) is 4. The number of benzene rings is 1. The number of ether oxygens (including phenoxy) is 1. The number of nitrogens with one attached hydrogen (secondary N) is 1. The van der Waals surface area contributed by atoms with Crippen molar-refractivity contribution in [2.24, 2.45) is 5.92 Å². The van der Waals surface area contributed by atoms with Gasteiger partial charge >= 0.3 is 6.09 Å². The van der Waals surface area contributed by atoms with E-state index in [1.54, 1.807) is 0 Å². The Morgan fingerprint density at radius 1 is 1.24 bits per heavy atom. The molecule has 1 aromatic carbocycles. The average molecular weight is 344 g/mol. The summed E-state index contributed by atoms with van der Waals surface area (Å²) in [7, 11) is 0. The van der Waals surface area contributed by atoms with Crippen LogP contribution in [-0.2, 0) is 20.9 Å². The highest BCUT2D eigenvalue weighted by molar-refractivity contribution is 5.88. The van der Waals surface area contributed by atoms with Gasteiger partial charge < -0.3 is 15.0 Å². The molecule has 0 unspecified atom stereocenters. The van der Waals surface area contributed by atoms with Crippen molar-refractivity contribution in [2.75, 3.05) is 6.54 Å². The second kappa shape index (κ2) is 7.68. The first kappa shape index (κ1) is 17.5. The number of Topliss-reactive ketones (excluding diaryl/α,β-unsaturated/α-hetero) is 1. The van der Waals surface area contributed by atoms with Crippen molar-refractivity contribution in [3.05, 3.63) is 35.9 Å². The third-order valence-corrected chi connectivity index (χ3v) is 5.07. The molecular formula is C19H24N2O4. The zero-order valence-corrected chi connectivity index (χ0v) is 14.4. The Balaban J connectivity index is 1.50. The van der Waals surface area contributed by atoms with Crippen LogP contribution < -0.4 is 5.32 Å². The normalized spacial score (nSPS) is 26.6. The summed E-state index contributed by atoms with van der Waals surface area (Å²) < 4.78 is 5.19. The van der Waals surface area contributed by atoms with Crippen molar-refractivity contribution >= 4 is 17.8 Å². The topological polar surface area (TPSA) is 75.7 Å². The number of likely N-dealkylation sites (tertiary alicyclic amines) is 1. The summed E-state index contributed by atoms with van der Waals surface area (Å²) >= 11 is 0. The van der Waals surface area contributed by atoms with Gasteiger partial charge in [0.05, 0.1) is 0 Å². The Hall–Kier alpha value is -2.37. The quantitative estimate of drug-likeness (QED) is 0.909. The van der Waals surface area contributed by atoms with Gasteiger partial charge in [-0.3, -0.25) is 9.59 Å². The molecule has 0 spiro atoms. The molecule has 2 aliphatic rings. The van der Waals surface area contributed by atoms with Crippen molar-refractivity contribution in [1.29, 1.82) is 0 Å². The zero-order chi connectivity index (χ0) is 17.8. The van der Waals surface area contributed by atoms with Gasteiger partial charge in [-0.25, -0.2) is 4.79 Å². The van der Waals surface area contributed by atoms with Crippen LogP contribution in [0.25, 0.3) is 0 Å². The first-order valence-corrected chi connectivity index (χ1v) is 8.84. The minimum Gasteiger partial charge on any atom is -0.445 e. The van der Waals surface area contributed by atoms with Crippen molar-refractivity contribution in [3.8, 4) is 0 Å². The van der Waals surface area contributed by atoms with Gasteiger partial charge in [-0.05, 0) is 24.3 Å². The highest BCUT2D eigenvalue weighted by Gasteiger charge is 2.40. The molecule has 2 fully saturated rings. The summed E-state index contributed by atoms with van der Waals surface area (Å²) in [5.74, 6) is 0.381. The fourth-order valence-corrected chi connectivity index (χ4v) is 3.73. The van der Waals surface area contributed by atoms with Crippen molar-refractivity contribution < 1.29 is 19.1 Å². The number of ketones is 1. The zero-order valence-electron chi connectivity index (χ0n) is 14.4. The molecule has 6 heteroatoms. The summed E-state index contributed by atoms with van der Waals surface area (Å²) in [6.07, 6.45) is 1.80. The van der Waals surface area contributed by atoms with E-state index >= 15 is 0 Å². The van der Waals surface area contributed by atoms with Gasteiger partial charge in [0.25, 0.3) is 0 Å². The average Bonchev–Trinajstić information content (AvgIpc) is 2.95. The molecule has 0 bridgehead atoms. The lowest BCUT2D eigenvalue weighted by molar-refractivity contribution is -0.135. The van der Waals surface area contributed by atoms with E-state index in [1.165, 1.54) is 0 Å². The molecule has 2 amide bonds. The number of carbonyl (C=O) groups excluding carboxylic acids is 3. The maximum Gasteiger partial charge on any atom is 0.408 e. The van der Waals surface area contributed by atoms with Crippen LogP contribution >= 0.6 is 0 Å². The van der Waals surface area contributed by atoms with Gasteiger partial charge in [0.2, 0.25) is 5.91 Å². The molecule has 0 aromatic heterocycles. The van der Waals surface area contributed by atoms with Crippen molar-refractivity contribution in [1.82, 2.24) is 10.2 Å². The summed E-state index contributed by atoms with van der Waals surface area (Å²) in [5.41, 5.74) is 0.901. The van der Waals surface area contributed by atoms with Gasteiger partial charge in [0, 0.05) is 25.4 Å². The van der Waals surface area contributed by atoms with Crippen molar-refractivity contribution in [2.45, 2.75) is 51.3 Å². The van der Waals surface area contributed by atoms with Crippen LogP contribution in [0.15, 0.2) is 30.3 Å². The SMILES string of the molecule is C[C@@H]1CC(=O)CC[C@@H]1N1CC[C@H](NC(=O)OCc2ccccc2)C1=O. The number of rotatable bonds is 4. The molecule has 134 valence electrons. The largest absolute Gasteiger partial charge is 0.445 e. The third kappa shape index (κ3) is 4.18. The minimum absolute atomic E-state index is 0.0668. The molecule has 1 aromatic rings. The second-order valence-corrected chi connectivity index (χ2v) is 6.91. The fraction of sp³-hybridized carbons (Fsp3) is 0.526. The third-order valence-electron chi connectivity index (χ3n) is 5.07. The predicted octanol–water partition coefficient (Wildman–Crippen LogP) is 2.27. The van der Waals surface area contributed by atoms with Crippen LogP contribution in [0.5, 0.6) is 0 Å². The van der Waals surface area contributed by atoms with Gasteiger partial charge in [-0.2, -0.15) is 0 Å². The van der Waals surface area contributed by atoms with Gasteiger partial charge in [-0.1, -0.05) is 37.3 Å². The smallest absolute Gasteiger partial charge is 0.408 e. The van der Waals surface area contributed by atoms with Gasteiger partial charge in [0.15, 0.2) is 0 Å². The summed E-state index contributed by atoms with van der Waals surface area (Å²) in [6, 6.07) is 8.97. The number of amides is 2. The van der Waals surface area contributed by atoms with Crippen LogP contribution in [0.1, 0.15) is 38.2 Å². The van der Waals surface area contributed by atoms with E-state index < -0.39 is 12.1 Å². The molecule has 3 rings (SSSR count). The lowest BCUT2D eigenvalue weighted by Gasteiger charge is -2.35. The van der Waals surface area contributed by atoms with Gasteiger partial charge in [-0.15, -0.1) is 0 Å². The molecule has 1 saturated heterocycles. The second-order valence-electron chi connectivity index (χ2n) is 6.91. The summed E-state index contributed by atoms with van der Waals surface area (Å²) in [5, 5.41) is 2.67. The van der Waals surface area contributed by atoms with E-state index in [0.29, 0.717) is 25.8 Å². The fourth-order valence-electron chi connectivity index (χ4n) is 3.73. The molecule has 25 heavy (non-hydrogen) atoms. The number of alkyl carbamates (subject to hydrolysis) is 1. The Morgan fingerprint density at radius 3 is 2.72 bits per heavy atom. The molecule has 1 saturated carbocycles. The minimum atomic E-state index is -0.573. The monoisotopic (exact) mass is 344 g/mol. The molecule has 1 heterocycles. The Labute approximate surface area is 147 Å². The lowest BCUT2D eigenvalue weighted by atomic mass is 9.84. The molecule has 1 aliphatic heterocycles. The van der Waals surface area contributed by atoms with E-state index in [-0.39, 0.29) is 30.3 Å². The van der Waals surface area contributed by atoms with Crippen LogP contribution in [-0.4, -0.2) is 41.3 Å². The molecule has 1 aliphatic carbocycles. The summed E-state index contributed by atoms with van der Waals surface area (Å²) in [6.45, 7) is 2.81. The number of hydrogen-bond donors (Lipinski definition) is 1. The highest BCUT2D eigenvalue weighted by atomic mass is 16.5. The maximum absolute atomic E-state index is 12.6. The van der Waals surface area contributed by atoms with E-state index in [4.69, 9.17) is 4.74 Å². The van der Waals surface area contributed by atoms with E-state index in [0.717, 1.165) is 12.0 Å². The van der Waals surface area contributed by atoms with Crippen molar-refractivity contribution in [3.63, 3.8) is 0 Å². The van der Waals surface area contributed by atoms with E-state index in [2.05, 4.69) is 5.32 Å². The first-order valence-electron chi connectivity index (χ1n) is 8.84. The predicted molar refractivity (Wildman–Crippen MR) is 91.7 cm³/mol.